The lowest BCUT2D eigenvalue weighted by molar-refractivity contribution is -0.146. The molecule has 0 radical (unpaired) electrons. The second-order valence-corrected chi connectivity index (χ2v) is 14.5. The van der Waals surface area contributed by atoms with Gasteiger partial charge in [0.25, 0.3) is 0 Å². The van der Waals surface area contributed by atoms with Crippen LogP contribution in [-0.2, 0) is 9.53 Å². The minimum absolute atomic E-state index is 0.0124. The Morgan fingerprint density at radius 2 is 1.79 bits per heavy atom. The summed E-state index contributed by atoms with van der Waals surface area (Å²) in [6, 6.07) is 10.6. The Hall–Kier alpha value is -1.61. The van der Waals surface area contributed by atoms with Crippen LogP contribution in [0.3, 0.4) is 0 Å². The predicted octanol–water partition coefficient (Wildman–Crippen LogP) is 7.59. The Kier molecular flexibility index (Phi) is 9.93. The van der Waals surface area contributed by atoms with Crippen molar-refractivity contribution >= 4 is 14.0 Å². The van der Waals surface area contributed by atoms with Gasteiger partial charge in [-0.05, 0) is 37.7 Å². The first kappa shape index (κ1) is 23.7. The minimum atomic E-state index is -1.53. The van der Waals surface area contributed by atoms with E-state index in [1.807, 2.05) is 12.1 Å². The van der Waals surface area contributed by atoms with Crippen molar-refractivity contribution in [2.24, 2.45) is 0 Å². The van der Waals surface area contributed by atoms with Gasteiger partial charge in [0.2, 0.25) is 0 Å². The molecule has 0 unspecified atom stereocenters. The Bertz CT molecular complexity index is 670. The Morgan fingerprint density at radius 3 is 2.48 bits per heavy atom. The average Bonchev–Trinajstić information content (AvgIpc) is 2.70. The van der Waals surface area contributed by atoms with E-state index < -0.39 is 8.07 Å². The molecule has 0 spiro atoms. The molecule has 2 atom stereocenters. The maximum absolute atomic E-state index is 13.1. The number of unbranched alkanes of at least 4 members (excludes halogenated alkanes) is 4. The van der Waals surface area contributed by atoms with Crippen LogP contribution in [0.1, 0.15) is 76.2 Å². The first-order valence-corrected chi connectivity index (χ1v) is 15.1. The minimum Gasteiger partial charge on any atom is -0.458 e. The number of carbonyl (C=O) groups excluding carboxylic acids is 1. The van der Waals surface area contributed by atoms with Crippen LogP contribution in [-0.4, -0.2) is 20.1 Å². The van der Waals surface area contributed by atoms with Crippen molar-refractivity contribution < 1.29 is 9.53 Å². The van der Waals surface area contributed by atoms with Gasteiger partial charge in [0.15, 0.2) is 0 Å². The normalized spacial score (nSPS) is 20.8. The van der Waals surface area contributed by atoms with Gasteiger partial charge in [-0.25, -0.2) is 4.79 Å². The number of hydrogen-bond donors (Lipinski definition) is 0. The number of esters is 1. The largest absolute Gasteiger partial charge is 0.458 e. The second-order valence-electron chi connectivity index (χ2n) is 9.46. The van der Waals surface area contributed by atoms with Crippen molar-refractivity contribution in [3.63, 3.8) is 0 Å². The molecule has 0 saturated heterocycles. The molecule has 0 heterocycles. The van der Waals surface area contributed by atoms with Crippen LogP contribution >= 0.6 is 0 Å². The fourth-order valence-electron chi connectivity index (χ4n) is 4.07. The highest BCUT2D eigenvalue weighted by molar-refractivity contribution is 6.81. The van der Waals surface area contributed by atoms with Crippen LogP contribution in [0.2, 0.25) is 19.6 Å². The van der Waals surface area contributed by atoms with Crippen molar-refractivity contribution in [2.75, 3.05) is 0 Å². The SMILES string of the molecule is CCCCCCC=CC(=C[Si](C)(C)C)C(=O)O[C@H]1CCCC[C@@H]1c1ccccc1. The van der Waals surface area contributed by atoms with Gasteiger partial charge in [-0.1, -0.05) is 100 Å². The molecule has 0 aromatic heterocycles. The highest BCUT2D eigenvalue weighted by Crippen LogP contribution is 2.35. The molecule has 0 amide bonds. The summed E-state index contributed by atoms with van der Waals surface area (Å²) in [4.78, 5) is 13.1. The van der Waals surface area contributed by atoms with Gasteiger partial charge in [0.1, 0.15) is 6.10 Å². The first-order valence-electron chi connectivity index (χ1n) is 11.6. The molecule has 160 valence electrons. The van der Waals surface area contributed by atoms with Gasteiger partial charge in [-0.15, -0.1) is 0 Å². The van der Waals surface area contributed by atoms with Gasteiger partial charge in [0.05, 0.1) is 13.6 Å². The van der Waals surface area contributed by atoms with E-state index in [4.69, 9.17) is 4.74 Å². The van der Waals surface area contributed by atoms with Crippen LogP contribution in [0.4, 0.5) is 0 Å². The topological polar surface area (TPSA) is 26.3 Å². The van der Waals surface area contributed by atoms with E-state index in [2.05, 4.69) is 62.6 Å². The van der Waals surface area contributed by atoms with Crippen molar-refractivity contribution in [3.05, 3.63) is 59.3 Å². The Labute approximate surface area is 179 Å². The van der Waals surface area contributed by atoms with E-state index in [0.29, 0.717) is 5.92 Å². The zero-order valence-electron chi connectivity index (χ0n) is 19.0. The van der Waals surface area contributed by atoms with Gasteiger partial charge < -0.3 is 4.74 Å². The first-order chi connectivity index (χ1) is 13.9. The van der Waals surface area contributed by atoms with Crippen molar-refractivity contribution in [1.29, 1.82) is 0 Å². The summed E-state index contributed by atoms with van der Waals surface area (Å²) >= 11 is 0. The van der Waals surface area contributed by atoms with Gasteiger partial charge in [-0.2, -0.15) is 0 Å². The Balaban J connectivity index is 2.07. The third kappa shape index (κ3) is 8.73. The molecule has 2 nitrogen and oxygen atoms in total. The lowest BCUT2D eigenvalue weighted by atomic mass is 9.81. The van der Waals surface area contributed by atoms with E-state index in [1.54, 1.807) is 0 Å². The molecule has 1 fully saturated rings. The molecular weight excluding hydrogens is 372 g/mol. The summed E-state index contributed by atoms with van der Waals surface area (Å²) in [6.45, 7) is 9.03. The van der Waals surface area contributed by atoms with Crippen LogP contribution in [0.15, 0.2) is 53.8 Å². The van der Waals surface area contributed by atoms with E-state index in [0.717, 1.165) is 31.3 Å². The van der Waals surface area contributed by atoms with Crippen LogP contribution in [0.25, 0.3) is 0 Å². The zero-order chi connectivity index (χ0) is 21.1. The molecule has 0 bridgehead atoms. The van der Waals surface area contributed by atoms with Crippen LogP contribution in [0, 0.1) is 0 Å². The highest BCUT2D eigenvalue weighted by Gasteiger charge is 2.30. The molecule has 29 heavy (non-hydrogen) atoms. The van der Waals surface area contributed by atoms with Gasteiger partial charge in [-0.3, -0.25) is 0 Å². The number of benzene rings is 1. The molecule has 0 aliphatic heterocycles. The molecule has 1 aromatic rings. The Morgan fingerprint density at radius 1 is 1.07 bits per heavy atom. The fourth-order valence-corrected chi connectivity index (χ4v) is 5.21. The fraction of sp³-hybridized carbons (Fsp3) is 0.577. The predicted molar refractivity (Wildman–Crippen MR) is 127 cm³/mol. The smallest absolute Gasteiger partial charge is 0.337 e. The summed E-state index contributed by atoms with van der Waals surface area (Å²) in [6.07, 6.45) is 14.6. The monoisotopic (exact) mass is 412 g/mol. The average molecular weight is 413 g/mol. The van der Waals surface area contributed by atoms with Crippen molar-refractivity contribution in [2.45, 2.75) is 96.4 Å². The molecular formula is C26H40O2Si. The molecule has 3 heteroatoms. The second kappa shape index (κ2) is 12.2. The molecule has 1 aliphatic rings. The van der Waals surface area contributed by atoms with E-state index >= 15 is 0 Å². The van der Waals surface area contributed by atoms with E-state index in [-0.39, 0.29) is 12.1 Å². The van der Waals surface area contributed by atoms with Crippen molar-refractivity contribution in [1.82, 2.24) is 0 Å². The van der Waals surface area contributed by atoms with Crippen LogP contribution < -0.4 is 0 Å². The summed E-state index contributed by atoms with van der Waals surface area (Å²) in [5, 5.41) is 0. The summed E-state index contributed by atoms with van der Waals surface area (Å²) < 4.78 is 6.13. The lowest BCUT2D eigenvalue weighted by Gasteiger charge is -2.31. The van der Waals surface area contributed by atoms with E-state index in [1.165, 1.54) is 37.7 Å². The lowest BCUT2D eigenvalue weighted by Crippen LogP contribution is -2.30. The molecule has 2 rings (SSSR count). The summed E-state index contributed by atoms with van der Waals surface area (Å²) in [7, 11) is -1.53. The van der Waals surface area contributed by atoms with Gasteiger partial charge in [0, 0.05) is 5.92 Å². The zero-order valence-corrected chi connectivity index (χ0v) is 20.0. The highest BCUT2D eigenvalue weighted by atomic mass is 28.3. The maximum atomic E-state index is 13.1. The third-order valence-corrected chi connectivity index (χ3v) is 6.71. The quantitative estimate of drug-likeness (QED) is 0.130. The number of carbonyl (C=O) groups is 1. The summed E-state index contributed by atoms with van der Waals surface area (Å²) in [5.74, 6) is 0.185. The number of rotatable bonds is 10. The number of allylic oxidation sites excluding steroid dienone is 1. The number of hydrogen-bond acceptors (Lipinski definition) is 2. The number of ether oxygens (including phenoxy) is 1. The maximum Gasteiger partial charge on any atom is 0.337 e. The van der Waals surface area contributed by atoms with Crippen LogP contribution in [0.5, 0.6) is 0 Å². The van der Waals surface area contributed by atoms with Crippen molar-refractivity contribution in [3.8, 4) is 0 Å². The standard InChI is InChI=1S/C26H40O2Si/c1-5-6-7-8-9-11-18-23(21-29(2,3)4)26(27)28-25-20-15-14-19-24(25)22-16-12-10-13-17-22/h10-13,16-18,21,24-25H,5-9,14-15,19-20H2,1-4H3/t24-,25+/m1/s1. The molecule has 1 aliphatic carbocycles. The van der Waals surface area contributed by atoms with Gasteiger partial charge >= 0.3 is 5.97 Å². The molecule has 0 N–H and O–H groups in total. The summed E-state index contributed by atoms with van der Waals surface area (Å²) in [5.41, 5.74) is 4.25. The molecule has 1 aromatic carbocycles. The van der Waals surface area contributed by atoms with E-state index in [9.17, 15) is 4.79 Å². The molecule has 1 saturated carbocycles. The third-order valence-electron chi connectivity index (χ3n) is 5.53.